The van der Waals surface area contributed by atoms with Crippen molar-refractivity contribution < 1.29 is 31.4 Å². The fourth-order valence-corrected chi connectivity index (χ4v) is 3.35. The molecule has 3 aromatic carbocycles. The number of methoxy groups -OCH3 is 1. The van der Waals surface area contributed by atoms with Gasteiger partial charge in [-0.15, -0.1) is 13.2 Å². The maximum atomic E-state index is 14.3. The van der Waals surface area contributed by atoms with Gasteiger partial charge in [0.25, 0.3) is 0 Å². The van der Waals surface area contributed by atoms with Crippen molar-refractivity contribution in [1.29, 1.82) is 0 Å². The molecule has 4 rings (SSSR count). The Morgan fingerprint density at radius 1 is 0.970 bits per heavy atom. The second-order valence-corrected chi connectivity index (χ2v) is 7.03. The van der Waals surface area contributed by atoms with Gasteiger partial charge in [-0.05, 0) is 30.3 Å². The van der Waals surface area contributed by atoms with Crippen LogP contribution in [0.25, 0.3) is 22.2 Å². The number of hydrogen-bond acceptors (Lipinski definition) is 4. The number of aromatic nitrogens is 2. The Morgan fingerprint density at radius 2 is 1.76 bits per heavy atom. The van der Waals surface area contributed by atoms with Gasteiger partial charge in [0.1, 0.15) is 28.8 Å². The molecular formula is C23H15F5N2O3. The van der Waals surface area contributed by atoms with Crippen LogP contribution in [0.2, 0.25) is 0 Å². The number of benzene rings is 3. The third-order valence-corrected chi connectivity index (χ3v) is 4.84. The lowest BCUT2D eigenvalue weighted by molar-refractivity contribution is -0.274. The molecule has 0 amide bonds. The maximum Gasteiger partial charge on any atom is 0.573 e. The minimum Gasteiger partial charge on any atom is -0.497 e. The Labute approximate surface area is 183 Å². The van der Waals surface area contributed by atoms with E-state index >= 15 is 0 Å². The molecule has 10 heteroatoms. The van der Waals surface area contributed by atoms with Crippen LogP contribution in [0.5, 0.6) is 11.5 Å². The van der Waals surface area contributed by atoms with Crippen molar-refractivity contribution in [1.82, 2.24) is 9.78 Å². The van der Waals surface area contributed by atoms with E-state index in [0.717, 1.165) is 24.3 Å². The van der Waals surface area contributed by atoms with Crippen molar-refractivity contribution in [2.24, 2.45) is 0 Å². The molecule has 0 fully saturated rings. The van der Waals surface area contributed by atoms with Crippen molar-refractivity contribution in [2.45, 2.75) is 12.9 Å². The standard InChI is InChI=1S/C23H15F5N2O3/c1-32-16-7-8-18-20(11-16)30(12-14-5-6-15(24)10-19(14)25)29-21(22(18)31)13-3-2-4-17(9-13)33-23(26,27)28/h2-11H,12H2,1H3. The zero-order valence-corrected chi connectivity index (χ0v) is 17.0. The second-order valence-electron chi connectivity index (χ2n) is 7.03. The molecule has 0 unspecified atom stereocenters. The molecule has 0 radical (unpaired) electrons. The van der Waals surface area contributed by atoms with Crippen molar-refractivity contribution in [2.75, 3.05) is 7.11 Å². The summed E-state index contributed by atoms with van der Waals surface area (Å²) in [4.78, 5) is 13.1. The molecule has 0 spiro atoms. The molecule has 1 aromatic heterocycles. The predicted octanol–water partition coefficient (Wildman–Crippen LogP) is 5.30. The Bertz CT molecular complexity index is 1400. The maximum absolute atomic E-state index is 14.3. The smallest absolute Gasteiger partial charge is 0.497 e. The normalized spacial score (nSPS) is 11.6. The highest BCUT2D eigenvalue weighted by molar-refractivity contribution is 5.83. The summed E-state index contributed by atoms with van der Waals surface area (Å²) in [5.74, 6) is -1.68. The Morgan fingerprint density at radius 3 is 2.45 bits per heavy atom. The summed E-state index contributed by atoms with van der Waals surface area (Å²) >= 11 is 0. The Kier molecular flexibility index (Phi) is 5.75. The number of hydrogen-bond donors (Lipinski definition) is 0. The van der Waals surface area contributed by atoms with Crippen LogP contribution < -0.4 is 14.9 Å². The summed E-state index contributed by atoms with van der Waals surface area (Å²) in [7, 11) is 1.43. The average molecular weight is 462 g/mol. The van der Waals surface area contributed by atoms with Gasteiger partial charge in [0, 0.05) is 28.6 Å². The molecule has 4 aromatic rings. The molecule has 1 heterocycles. The minimum atomic E-state index is -4.91. The summed E-state index contributed by atoms with van der Waals surface area (Å²) in [6.45, 7) is -0.179. The monoisotopic (exact) mass is 462 g/mol. The molecule has 0 aliphatic heterocycles. The number of alkyl halides is 3. The van der Waals surface area contributed by atoms with Gasteiger partial charge in [-0.1, -0.05) is 18.2 Å². The van der Waals surface area contributed by atoms with Gasteiger partial charge in [0.2, 0.25) is 5.43 Å². The summed E-state index contributed by atoms with van der Waals surface area (Å²) in [6, 6.07) is 12.4. The number of rotatable bonds is 5. The van der Waals surface area contributed by atoms with E-state index in [0.29, 0.717) is 11.3 Å². The van der Waals surface area contributed by atoms with E-state index in [1.807, 2.05) is 0 Å². The van der Waals surface area contributed by atoms with Crippen LogP contribution in [0.4, 0.5) is 22.0 Å². The first kappa shape index (κ1) is 22.3. The van der Waals surface area contributed by atoms with Gasteiger partial charge in [-0.3, -0.25) is 9.48 Å². The SMILES string of the molecule is COc1ccc2c(=O)c(-c3cccc(OC(F)(F)F)c3)nn(Cc3ccc(F)cc3F)c2c1. The van der Waals surface area contributed by atoms with Gasteiger partial charge in [-0.2, -0.15) is 5.10 Å². The lowest BCUT2D eigenvalue weighted by atomic mass is 10.1. The van der Waals surface area contributed by atoms with Crippen molar-refractivity contribution in [3.8, 4) is 22.8 Å². The van der Waals surface area contributed by atoms with E-state index < -0.39 is 29.2 Å². The fraction of sp³-hybridized carbons (Fsp3) is 0.130. The molecule has 0 atom stereocenters. The van der Waals surface area contributed by atoms with Gasteiger partial charge in [0.05, 0.1) is 19.2 Å². The molecule has 5 nitrogen and oxygen atoms in total. The molecule has 170 valence electrons. The minimum absolute atomic E-state index is 0.0767. The number of halogens is 5. The number of nitrogens with zero attached hydrogens (tertiary/aromatic N) is 2. The first-order valence-corrected chi connectivity index (χ1v) is 9.53. The van der Waals surface area contributed by atoms with Crippen LogP contribution in [-0.2, 0) is 6.54 Å². The average Bonchev–Trinajstić information content (AvgIpc) is 2.76. The van der Waals surface area contributed by atoms with Gasteiger partial charge in [0.15, 0.2) is 0 Å². The van der Waals surface area contributed by atoms with E-state index in [1.54, 1.807) is 6.07 Å². The lowest BCUT2D eigenvalue weighted by Gasteiger charge is -2.15. The van der Waals surface area contributed by atoms with Crippen molar-refractivity contribution in [3.63, 3.8) is 0 Å². The van der Waals surface area contributed by atoms with Gasteiger partial charge < -0.3 is 9.47 Å². The van der Waals surface area contributed by atoms with Crippen LogP contribution in [-0.4, -0.2) is 23.3 Å². The number of fused-ring (bicyclic) bond motifs is 1. The van der Waals surface area contributed by atoms with E-state index in [4.69, 9.17) is 4.74 Å². The van der Waals surface area contributed by atoms with Crippen LogP contribution in [0.3, 0.4) is 0 Å². The Balaban J connectivity index is 1.91. The highest BCUT2D eigenvalue weighted by Gasteiger charge is 2.31. The Hall–Kier alpha value is -3.95. The van der Waals surface area contributed by atoms with Gasteiger partial charge in [-0.25, -0.2) is 8.78 Å². The third kappa shape index (κ3) is 4.79. The van der Waals surface area contributed by atoms with E-state index in [-0.39, 0.29) is 28.8 Å². The highest BCUT2D eigenvalue weighted by Crippen LogP contribution is 2.28. The third-order valence-electron chi connectivity index (χ3n) is 4.84. The first-order chi connectivity index (χ1) is 15.6. The van der Waals surface area contributed by atoms with Crippen molar-refractivity contribution >= 4 is 10.9 Å². The van der Waals surface area contributed by atoms with Crippen molar-refractivity contribution in [3.05, 3.63) is 88.1 Å². The fourth-order valence-electron chi connectivity index (χ4n) is 3.35. The molecular weight excluding hydrogens is 447 g/mol. The topological polar surface area (TPSA) is 53.4 Å². The first-order valence-electron chi connectivity index (χ1n) is 9.53. The summed E-state index contributed by atoms with van der Waals surface area (Å²) in [5, 5.41) is 4.48. The predicted molar refractivity (Wildman–Crippen MR) is 110 cm³/mol. The molecule has 0 aliphatic carbocycles. The van der Waals surface area contributed by atoms with E-state index in [2.05, 4.69) is 9.84 Å². The summed E-state index contributed by atoms with van der Waals surface area (Å²) in [6.07, 6.45) is -4.91. The molecule has 0 saturated carbocycles. The van der Waals surface area contributed by atoms with Crippen LogP contribution in [0.15, 0.2) is 65.5 Å². The zero-order valence-electron chi connectivity index (χ0n) is 17.0. The van der Waals surface area contributed by atoms with E-state index in [9.17, 15) is 26.7 Å². The summed E-state index contributed by atoms with van der Waals surface area (Å²) < 4.78 is 75.9. The zero-order chi connectivity index (χ0) is 23.8. The van der Waals surface area contributed by atoms with Crippen LogP contribution in [0.1, 0.15) is 5.56 Å². The number of ether oxygens (including phenoxy) is 2. The molecule has 0 saturated heterocycles. The molecule has 0 N–H and O–H groups in total. The van der Waals surface area contributed by atoms with Crippen LogP contribution >= 0.6 is 0 Å². The largest absolute Gasteiger partial charge is 0.573 e. The summed E-state index contributed by atoms with van der Waals surface area (Å²) in [5.41, 5.74) is -0.241. The van der Waals surface area contributed by atoms with Crippen LogP contribution in [0, 0.1) is 11.6 Å². The lowest BCUT2D eigenvalue weighted by Crippen LogP contribution is -2.19. The highest BCUT2D eigenvalue weighted by atomic mass is 19.4. The quantitative estimate of drug-likeness (QED) is 0.378. The van der Waals surface area contributed by atoms with Gasteiger partial charge >= 0.3 is 6.36 Å². The second kappa shape index (κ2) is 8.53. The molecule has 0 bridgehead atoms. The van der Waals surface area contributed by atoms with E-state index in [1.165, 1.54) is 42.1 Å². The molecule has 0 aliphatic rings. The molecule has 33 heavy (non-hydrogen) atoms.